The smallest absolute Gasteiger partial charge is 0.227 e. The number of fused-ring (bicyclic) bond motifs is 1. The van der Waals surface area contributed by atoms with Gasteiger partial charge < -0.3 is 30.2 Å². The number of nitrogens with two attached hydrogens (primary N) is 1. The molecule has 45 heavy (non-hydrogen) atoms. The Balaban J connectivity index is 0.000000392. The van der Waals surface area contributed by atoms with Crippen LogP contribution in [0.5, 0.6) is 5.75 Å². The van der Waals surface area contributed by atoms with Crippen LogP contribution in [0.2, 0.25) is 0 Å². The summed E-state index contributed by atoms with van der Waals surface area (Å²) in [6.07, 6.45) is 3.85. The monoisotopic (exact) mass is 829 g/mol. The number of aromatic nitrogens is 3. The lowest BCUT2D eigenvalue weighted by Gasteiger charge is -2.24. The molecule has 0 aliphatic carbocycles. The van der Waals surface area contributed by atoms with Gasteiger partial charge in [-0.2, -0.15) is 0 Å². The topological polar surface area (TPSA) is 84.5 Å². The van der Waals surface area contributed by atoms with Crippen molar-refractivity contribution in [2.24, 2.45) is 7.05 Å². The molecule has 2 aromatic heterocycles. The third kappa shape index (κ3) is 12.4. The fraction of sp³-hybridized carbons (Fsp3) is 0.280. The number of anilines is 4. The number of nitrogens with zero attached hydrogens (tertiary/aromatic N) is 5. The van der Waals surface area contributed by atoms with Gasteiger partial charge in [-0.3, -0.25) is 0 Å². The van der Waals surface area contributed by atoms with E-state index >= 15 is 0 Å². The van der Waals surface area contributed by atoms with Crippen LogP contribution in [0.1, 0.15) is 0 Å². The minimum absolute atomic E-state index is 0.479. The lowest BCUT2D eigenvalue weighted by atomic mass is 10.1. The molecule has 0 saturated heterocycles. The van der Waals surface area contributed by atoms with Crippen molar-refractivity contribution in [1.29, 1.82) is 0 Å². The van der Waals surface area contributed by atoms with E-state index in [0.717, 1.165) is 46.6 Å². The zero-order valence-corrected chi connectivity index (χ0v) is 34.5. The Kier molecular flexibility index (Phi) is 17.8. The van der Waals surface area contributed by atoms with Crippen molar-refractivity contribution in [1.82, 2.24) is 19.4 Å². The number of hydrogen-bond donors (Lipinski definition) is 2. The van der Waals surface area contributed by atoms with E-state index in [9.17, 15) is 0 Å². The maximum atomic E-state index is 6.40. The van der Waals surface area contributed by atoms with Crippen LogP contribution in [0.4, 0.5) is 23.0 Å². The Morgan fingerprint density at radius 1 is 0.911 bits per heavy atom. The molecule has 0 saturated carbocycles. The molecule has 0 radical (unpaired) electrons. The van der Waals surface area contributed by atoms with Crippen molar-refractivity contribution in [3.63, 3.8) is 0 Å². The predicted octanol–water partition coefficient (Wildman–Crippen LogP) is 3.94. The average molecular weight is 830 g/mol. The molecule has 244 valence electrons. The number of para-hydroxylation sites is 1. The minimum atomic E-state index is 0.479. The third-order valence-corrected chi connectivity index (χ3v) is 26.0. The molecular weight excluding hydrogens is 799 g/mol. The molecule has 0 spiro atoms. The van der Waals surface area contributed by atoms with Crippen LogP contribution < -0.4 is 20.7 Å². The normalized spacial score (nSPS) is 10.1. The predicted molar refractivity (Wildman–Crippen MR) is 225 cm³/mol. The molecule has 2 aromatic carbocycles. The van der Waals surface area contributed by atoms with E-state index in [1.165, 1.54) is 17.8 Å². The Morgan fingerprint density at radius 3 is 2.18 bits per heavy atom. The molecule has 0 aliphatic heterocycles. The first-order valence-corrected chi connectivity index (χ1v) is 27.3. The second kappa shape index (κ2) is 21.0. The van der Waals surface area contributed by atoms with E-state index in [1.54, 1.807) is 84.4 Å². The van der Waals surface area contributed by atoms with Gasteiger partial charge in [-0.15, -0.1) is 0 Å². The van der Waals surface area contributed by atoms with Gasteiger partial charge in [-0.25, -0.2) is 9.97 Å². The second-order valence-electron chi connectivity index (χ2n) is 9.08. The van der Waals surface area contributed by atoms with Crippen LogP contribution in [0.3, 0.4) is 0 Å². The van der Waals surface area contributed by atoms with Gasteiger partial charge in [0.15, 0.2) is 0 Å². The largest absolute Gasteiger partial charge is 0.494 e. The lowest BCUT2D eigenvalue weighted by Crippen LogP contribution is -2.29. The van der Waals surface area contributed by atoms with Gasteiger partial charge in [0.2, 0.25) is 5.95 Å². The van der Waals surface area contributed by atoms with Crippen molar-refractivity contribution < 1.29 is 4.74 Å². The highest BCUT2D eigenvalue weighted by Crippen LogP contribution is 2.36. The first-order valence-electron chi connectivity index (χ1n) is 12.7. The van der Waals surface area contributed by atoms with Gasteiger partial charge in [0.05, 0.1) is 29.9 Å². The second-order valence-corrected chi connectivity index (χ2v) is 26.8. The summed E-state index contributed by atoms with van der Waals surface area (Å²) in [5.74, 6) is 1.15. The van der Waals surface area contributed by atoms with Crippen molar-refractivity contribution in [2.45, 2.75) is 0 Å². The Hall–Kier alpha value is -1.14. The fourth-order valence-electron chi connectivity index (χ4n) is 3.98. The van der Waals surface area contributed by atoms with Gasteiger partial charge in [-0.1, -0.05) is 18.2 Å². The van der Waals surface area contributed by atoms with Crippen LogP contribution in [0.25, 0.3) is 22.2 Å². The van der Waals surface area contributed by atoms with Crippen LogP contribution in [-0.2, 0) is 118 Å². The average Bonchev–Trinajstić information content (AvgIpc) is 3.38. The summed E-state index contributed by atoms with van der Waals surface area (Å²) < 4.78 is 7.76. The summed E-state index contributed by atoms with van der Waals surface area (Å²) in [4.78, 5) is 13.4. The number of nitrogens with one attached hydrogen (secondary N) is 1. The van der Waals surface area contributed by atoms with E-state index < -0.39 is 0 Å². The summed E-state index contributed by atoms with van der Waals surface area (Å²) in [7, 11) is 26.1. The van der Waals surface area contributed by atoms with Gasteiger partial charge in [0, 0.05) is 173 Å². The molecule has 4 rings (SSSR count). The molecule has 4 aromatic rings. The van der Waals surface area contributed by atoms with Gasteiger partial charge in [0.1, 0.15) is 5.75 Å². The fourth-order valence-corrected chi connectivity index (χ4v) is 25.9. The van der Waals surface area contributed by atoms with E-state index in [0.29, 0.717) is 17.4 Å². The molecule has 0 fully saturated rings. The maximum Gasteiger partial charge on any atom is 0.227 e. The first-order chi connectivity index (χ1) is 21.8. The quantitative estimate of drug-likeness (QED) is 0.257. The Labute approximate surface area is 302 Å². The summed E-state index contributed by atoms with van der Waals surface area (Å²) in [6, 6.07) is 14.0. The third-order valence-electron chi connectivity index (χ3n) is 5.97. The molecule has 0 atom stereocenters. The summed E-state index contributed by atoms with van der Waals surface area (Å²) in [6.45, 7) is 1.77. The van der Waals surface area contributed by atoms with Crippen molar-refractivity contribution in [3.8, 4) is 17.0 Å². The van der Waals surface area contributed by atoms with Crippen molar-refractivity contribution in [2.75, 3.05) is 57.3 Å². The van der Waals surface area contributed by atoms with E-state index in [2.05, 4.69) is 79.5 Å². The number of methoxy groups -OCH3 is 1. The molecule has 0 bridgehead atoms. The number of aryl methyl sites for hydroxylation is 1. The number of rotatable bonds is 8. The number of hydrogen-bond acceptors (Lipinski definition) is 9. The lowest BCUT2D eigenvalue weighted by molar-refractivity contribution is 0.413. The number of nitrogen functional groups attached to an aromatic ring is 1. The highest BCUT2D eigenvalue weighted by molar-refractivity contribution is 8.75. The number of likely N-dealkylation sites (N-methyl/N-ethyl adjacent to an activating group) is 2. The molecular formula is C25H31N7OS12. The van der Waals surface area contributed by atoms with E-state index in [4.69, 9.17) is 15.5 Å². The summed E-state index contributed by atoms with van der Waals surface area (Å²) in [5, 5.41) is 4.43. The molecule has 20 heteroatoms. The van der Waals surface area contributed by atoms with Crippen LogP contribution in [-0.4, -0.2) is 60.8 Å². The molecule has 8 nitrogen and oxygen atoms in total. The Morgan fingerprint density at radius 2 is 1.56 bits per heavy atom. The number of ether oxygens (including phenoxy) is 1. The Bertz CT molecular complexity index is 2030. The zero-order chi connectivity index (χ0) is 32.6. The summed E-state index contributed by atoms with van der Waals surface area (Å²) >= 11 is 9.38. The molecule has 0 amide bonds. The van der Waals surface area contributed by atoms with E-state index in [1.807, 2.05) is 44.4 Å². The highest BCUT2D eigenvalue weighted by Gasteiger charge is 2.15. The van der Waals surface area contributed by atoms with Gasteiger partial charge in [-0.05, 0) is 32.3 Å². The van der Waals surface area contributed by atoms with Gasteiger partial charge >= 0.3 is 0 Å². The molecule has 3 N–H and O–H groups in total. The molecule has 0 aliphatic rings. The minimum Gasteiger partial charge on any atom is -0.494 e. The van der Waals surface area contributed by atoms with Crippen LogP contribution in [0, 0.1) is 0 Å². The van der Waals surface area contributed by atoms with Crippen molar-refractivity contribution in [3.05, 3.63) is 54.9 Å². The maximum absolute atomic E-state index is 6.40. The zero-order valence-electron chi connectivity index (χ0n) is 24.7. The molecule has 0 unspecified atom stereocenters. The van der Waals surface area contributed by atoms with Gasteiger partial charge in [0.25, 0.3) is 0 Å². The number of benzene rings is 2. The van der Waals surface area contributed by atoms with Crippen LogP contribution in [0.15, 0.2) is 54.9 Å². The van der Waals surface area contributed by atoms with Crippen molar-refractivity contribution >= 4 is 145 Å². The first kappa shape index (κ1) is 38.3. The standard InChI is InChI=1S/C25H31N7O.S12/c1-30(2)12-13-31(3)23-15-24(33-5)21(14-19(23)26)29-25-27-11-10-20(28-25)18-16-32(4)22-9-7-6-8-17(18)22;1-3-5-7-9-11-12-10-8-6-4-2/h6-11,14-16H,12-13,26H2,1-5H3,(H,27,28,29);. The SMILES string of the molecule is COc1cc(N(C)CCN(C)C)c(N)cc1Nc1nccc(-c2cn(C)c3ccccc23)n1.S=S=S=S=S=S=S=S=S=S=S=S. The van der Waals surface area contributed by atoms with Crippen LogP contribution >= 0.6 is 0 Å². The molecule has 2 heterocycles. The van der Waals surface area contributed by atoms with E-state index in [-0.39, 0.29) is 0 Å². The highest BCUT2D eigenvalue weighted by atomic mass is 33.4. The summed E-state index contributed by atoms with van der Waals surface area (Å²) in [5.41, 5.74) is 11.8.